The molecular weight excluding hydrogens is 399 g/mol. The van der Waals surface area contributed by atoms with Crippen LogP contribution in [0.2, 0.25) is 0 Å². The maximum atomic E-state index is 14.4. The zero-order valence-electron chi connectivity index (χ0n) is 16.4. The Kier molecular flexibility index (Phi) is 5.53. The topological polar surface area (TPSA) is 97.1 Å². The molecule has 0 bridgehead atoms. The largest absolute Gasteiger partial charge is 0.416 e. The molecule has 0 saturated heterocycles. The van der Waals surface area contributed by atoms with Gasteiger partial charge >= 0.3 is 6.03 Å². The first kappa shape index (κ1) is 20.0. The first-order valence-electron chi connectivity index (χ1n) is 9.37. The van der Waals surface area contributed by atoms with E-state index in [-0.39, 0.29) is 23.1 Å². The van der Waals surface area contributed by atoms with Crippen LogP contribution in [0.5, 0.6) is 0 Å². The number of ketones is 1. The average molecular weight is 416 g/mol. The summed E-state index contributed by atoms with van der Waals surface area (Å²) in [7, 11) is 0. The van der Waals surface area contributed by atoms with Gasteiger partial charge in [-0.25, -0.2) is 9.18 Å². The third kappa shape index (κ3) is 4.64. The van der Waals surface area contributed by atoms with Crippen molar-refractivity contribution in [2.75, 3.05) is 10.6 Å². The smallest absolute Gasteiger partial charge is 0.323 e. The molecular formula is C23H17FN4O3. The van der Waals surface area contributed by atoms with Crippen LogP contribution in [0.25, 0.3) is 22.9 Å². The van der Waals surface area contributed by atoms with Crippen LogP contribution in [-0.2, 0) is 0 Å². The maximum Gasteiger partial charge on any atom is 0.323 e. The number of urea groups is 1. The summed E-state index contributed by atoms with van der Waals surface area (Å²) in [4.78, 5) is 23.8. The van der Waals surface area contributed by atoms with E-state index in [9.17, 15) is 14.0 Å². The molecule has 1 aromatic heterocycles. The van der Waals surface area contributed by atoms with Crippen LogP contribution in [0.1, 0.15) is 17.3 Å². The summed E-state index contributed by atoms with van der Waals surface area (Å²) < 4.78 is 20.0. The molecule has 0 atom stereocenters. The molecule has 1 heterocycles. The van der Waals surface area contributed by atoms with Crippen LogP contribution in [-0.4, -0.2) is 22.0 Å². The molecule has 0 aliphatic carbocycles. The number of anilines is 2. The number of hydrogen-bond acceptors (Lipinski definition) is 5. The van der Waals surface area contributed by atoms with Gasteiger partial charge in [-0.15, -0.1) is 10.2 Å². The number of carbonyl (C=O) groups excluding carboxylic acids is 2. The highest BCUT2D eigenvalue weighted by Gasteiger charge is 2.16. The fraction of sp³-hybridized carbons (Fsp3) is 0.0435. The Balaban J connectivity index is 1.52. The summed E-state index contributed by atoms with van der Waals surface area (Å²) in [5, 5.41) is 13.1. The van der Waals surface area contributed by atoms with E-state index >= 15 is 0 Å². The highest BCUT2D eigenvalue weighted by atomic mass is 19.1. The van der Waals surface area contributed by atoms with E-state index < -0.39 is 11.8 Å². The van der Waals surface area contributed by atoms with Crippen LogP contribution in [0, 0.1) is 5.82 Å². The number of amides is 2. The van der Waals surface area contributed by atoms with Gasteiger partial charge in [0.25, 0.3) is 5.89 Å². The predicted molar refractivity (Wildman–Crippen MR) is 114 cm³/mol. The lowest BCUT2D eigenvalue weighted by molar-refractivity contribution is 0.101. The highest BCUT2D eigenvalue weighted by molar-refractivity contribution is 6.01. The van der Waals surface area contributed by atoms with Gasteiger partial charge < -0.3 is 15.1 Å². The van der Waals surface area contributed by atoms with E-state index in [1.165, 1.54) is 25.1 Å². The average Bonchev–Trinajstić information content (AvgIpc) is 3.26. The van der Waals surface area contributed by atoms with Crippen molar-refractivity contribution >= 4 is 23.2 Å². The van der Waals surface area contributed by atoms with E-state index in [2.05, 4.69) is 20.8 Å². The molecule has 4 rings (SSSR count). The molecule has 0 spiro atoms. The molecule has 4 aromatic rings. The predicted octanol–water partition coefficient (Wildman–Crippen LogP) is 5.39. The Morgan fingerprint density at radius 3 is 2.29 bits per heavy atom. The van der Waals surface area contributed by atoms with Crippen molar-refractivity contribution in [1.29, 1.82) is 0 Å². The van der Waals surface area contributed by atoms with Crippen molar-refractivity contribution < 1.29 is 18.4 Å². The Labute approximate surface area is 176 Å². The molecule has 0 aliphatic heterocycles. The van der Waals surface area contributed by atoms with Gasteiger partial charge in [0, 0.05) is 22.5 Å². The summed E-state index contributed by atoms with van der Waals surface area (Å²) in [6, 6.07) is 19.2. The van der Waals surface area contributed by atoms with E-state index in [0.717, 1.165) is 0 Å². The fourth-order valence-corrected chi connectivity index (χ4v) is 2.91. The Morgan fingerprint density at radius 2 is 1.55 bits per heavy atom. The number of benzene rings is 3. The zero-order valence-corrected chi connectivity index (χ0v) is 16.4. The fourth-order valence-electron chi connectivity index (χ4n) is 2.91. The number of Topliss-reactive ketones (excluding diaryl/α,β-unsaturated/α-hetero) is 1. The van der Waals surface area contributed by atoms with Gasteiger partial charge in [-0.3, -0.25) is 4.79 Å². The van der Waals surface area contributed by atoms with Gasteiger partial charge in [-0.05, 0) is 49.4 Å². The molecule has 154 valence electrons. The minimum atomic E-state index is -0.566. The molecule has 0 aliphatic rings. The van der Waals surface area contributed by atoms with Crippen molar-refractivity contribution in [2.45, 2.75) is 6.92 Å². The van der Waals surface area contributed by atoms with Gasteiger partial charge in [-0.1, -0.05) is 30.3 Å². The van der Waals surface area contributed by atoms with Crippen molar-refractivity contribution in [1.82, 2.24) is 10.2 Å². The van der Waals surface area contributed by atoms with Crippen molar-refractivity contribution in [3.05, 3.63) is 84.2 Å². The number of halogens is 1. The van der Waals surface area contributed by atoms with Crippen molar-refractivity contribution in [3.63, 3.8) is 0 Å². The summed E-state index contributed by atoms with van der Waals surface area (Å²) in [6.07, 6.45) is 0. The summed E-state index contributed by atoms with van der Waals surface area (Å²) in [5.74, 6) is -0.420. The third-order valence-corrected chi connectivity index (χ3v) is 4.43. The lowest BCUT2D eigenvalue weighted by Crippen LogP contribution is -2.19. The third-order valence-electron chi connectivity index (χ3n) is 4.43. The molecule has 0 fully saturated rings. The van der Waals surface area contributed by atoms with Crippen molar-refractivity contribution in [2.24, 2.45) is 0 Å². The van der Waals surface area contributed by atoms with E-state index in [1.807, 2.05) is 18.2 Å². The first-order chi connectivity index (χ1) is 15.0. The molecule has 3 aromatic carbocycles. The molecule has 31 heavy (non-hydrogen) atoms. The van der Waals surface area contributed by atoms with E-state index in [0.29, 0.717) is 22.5 Å². The quantitative estimate of drug-likeness (QED) is 0.425. The number of hydrogen-bond donors (Lipinski definition) is 2. The number of carbonyl (C=O) groups is 2. The molecule has 2 amide bonds. The monoisotopic (exact) mass is 416 g/mol. The van der Waals surface area contributed by atoms with E-state index in [1.54, 1.807) is 36.4 Å². The lowest BCUT2D eigenvalue weighted by atomic mass is 10.1. The second-order valence-corrected chi connectivity index (χ2v) is 6.69. The van der Waals surface area contributed by atoms with Gasteiger partial charge in [0.05, 0.1) is 5.56 Å². The summed E-state index contributed by atoms with van der Waals surface area (Å²) in [6.45, 7) is 1.44. The number of nitrogens with zero attached hydrogens (tertiary/aromatic N) is 2. The van der Waals surface area contributed by atoms with Gasteiger partial charge in [-0.2, -0.15) is 0 Å². The Bertz CT molecular complexity index is 1250. The van der Waals surface area contributed by atoms with Crippen LogP contribution < -0.4 is 10.6 Å². The van der Waals surface area contributed by atoms with E-state index in [4.69, 9.17) is 4.42 Å². The standard InChI is InChI=1S/C23H17FN4O3/c1-14(29)16-8-5-9-17(12-16)25-23(30)26-18-10-11-20(24)19(13-18)22-28-27-21(31-22)15-6-3-2-4-7-15/h2-13H,1H3,(H2,25,26,30). The Morgan fingerprint density at radius 1 is 0.839 bits per heavy atom. The van der Waals surface area contributed by atoms with Crippen LogP contribution in [0.15, 0.2) is 77.2 Å². The summed E-state index contributed by atoms with van der Waals surface area (Å²) >= 11 is 0. The minimum Gasteiger partial charge on any atom is -0.416 e. The van der Waals surface area contributed by atoms with Crippen molar-refractivity contribution in [3.8, 4) is 22.9 Å². The summed E-state index contributed by atoms with van der Waals surface area (Å²) in [5.41, 5.74) is 2.04. The second kappa shape index (κ2) is 8.58. The molecule has 8 heteroatoms. The first-order valence-corrected chi connectivity index (χ1v) is 9.37. The van der Waals surface area contributed by atoms with Gasteiger partial charge in [0.1, 0.15) is 5.82 Å². The van der Waals surface area contributed by atoms with Crippen LogP contribution >= 0.6 is 0 Å². The molecule has 0 saturated carbocycles. The normalized spacial score (nSPS) is 10.5. The highest BCUT2D eigenvalue weighted by Crippen LogP contribution is 2.28. The number of nitrogens with one attached hydrogen (secondary N) is 2. The zero-order chi connectivity index (χ0) is 21.8. The van der Waals surface area contributed by atoms with Gasteiger partial charge in [0.2, 0.25) is 5.89 Å². The van der Waals surface area contributed by atoms with Crippen LogP contribution in [0.4, 0.5) is 20.6 Å². The van der Waals surface area contributed by atoms with Gasteiger partial charge in [0.15, 0.2) is 5.78 Å². The minimum absolute atomic E-state index is 0.00503. The lowest BCUT2D eigenvalue weighted by Gasteiger charge is -2.09. The Hall–Kier alpha value is -4.33. The second-order valence-electron chi connectivity index (χ2n) is 6.69. The van der Waals surface area contributed by atoms with Crippen LogP contribution in [0.3, 0.4) is 0 Å². The molecule has 7 nitrogen and oxygen atoms in total. The maximum absolute atomic E-state index is 14.4. The molecule has 0 unspecified atom stereocenters. The number of rotatable bonds is 5. The number of aromatic nitrogens is 2. The SMILES string of the molecule is CC(=O)c1cccc(NC(=O)Nc2ccc(F)c(-c3nnc(-c4ccccc4)o3)c2)c1. The molecule has 2 N–H and O–H groups in total. The molecule has 0 radical (unpaired) electrons.